The van der Waals surface area contributed by atoms with E-state index in [1.165, 1.54) is 12.1 Å². The molecular weight excluding hydrogens is 423 g/mol. The molecule has 0 saturated carbocycles. The van der Waals surface area contributed by atoms with Gasteiger partial charge in [0, 0.05) is 10.5 Å². The average Bonchev–Trinajstić information content (AvgIpc) is 2.74. The van der Waals surface area contributed by atoms with Crippen molar-refractivity contribution < 1.29 is 9.13 Å². The number of aromatic amines is 1. The Kier molecular flexibility index (Phi) is 3.90. The van der Waals surface area contributed by atoms with Crippen LogP contribution < -0.4 is 4.74 Å². The van der Waals surface area contributed by atoms with Gasteiger partial charge in [0.25, 0.3) is 0 Å². The second kappa shape index (κ2) is 5.55. The second-order valence-electron chi connectivity index (χ2n) is 4.37. The van der Waals surface area contributed by atoms with Crippen LogP contribution in [-0.4, -0.2) is 16.7 Å². The van der Waals surface area contributed by atoms with Crippen molar-refractivity contribution in [1.82, 2.24) is 9.55 Å². The molecule has 0 aliphatic rings. The molecule has 0 unspecified atom stereocenters. The Morgan fingerprint density at radius 3 is 2.67 bits per heavy atom. The average molecular weight is 432 g/mol. The maximum absolute atomic E-state index is 13.3. The molecule has 2 aromatic carbocycles. The number of hydrogen-bond donors (Lipinski definition) is 1. The van der Waals surface area contributed by atoms with Gasteiger partial charge in [-0.2, -0.15) is 0 Å². The summed E-state index contributed by atoms with van der Waals surface area (Å²) in [6.45, 7) is 0. The van der Waals surface area contributed by atoms with Crippen LogP contribution in [0.3, 0.4) is 0 Å². The molecule has 1 aromatic heterocycles. The van der Waals surface area contributed by atoms with Gasteiger partial charge in [0.2, 0.25) is 0 Å². The fourth-order valence-electron chi connectivity index (χ4n) is 2.17. The van der Waals surface area contributed by atoms with Gasteiger partial charge in [0.15, 0.2) is 4.77 Å². The van der Waals surface area contributed by atoms with Gasteiger partial charge >= 0.3 is 0 Å². The fraction of sp³-hybridized carbons (Fsp3) is 0.0714. The molecule has 0 atom stereocenters. The van der Waals surface area contributed by atoms with Gasteiger partial charge in [0.05, 0.1) is 28.3 Å². The lowest BCUT2D eigenvalue weighted by atomic mass is 10.2. The second-order valence-corrected chi connectivity index (χ2v) is 6.46. The van der Waals surface area contributed by atoms with Crippen LogP contribution in [0.1, 0.15) is 0 Å². The predicted molar refractivity (Wildman–Crippen MR) is 90.4 cm³/mol. The van der Waals surface area contributed by atoms with Crippen LogP contribution in [0.5, 0.6) is 5.75 Å². The van der Waals surface area contributed by atoms with Crippen molar-refractivity contribution >= 4 is 55.1 Å². The van der Waals surface area contributed by atoms with Gasteiger partial charge in [-0.15, -0.1) is 0 Å². The zero-order valence-electron chi connectivity index (χ0n) is 10.8. The highest BCUT2D eigenvalue weighted by Gasteiger charge is 2.13. The minimum atomic E-state index is -0.307. The maximum atomic E-state index is 13.3. The van der Waals surface area contributed by atoms with E-state index >= 15 is 0 Å². The number of fused-ring (bicyclic) bond motifs is 1. The van der Waals surface area contributed by atoms with Gasteiger partial charge in [0.1, 0.15) is 11.6 Å². The molecule has 0 fully saturated rings. The summed E-state index contributed by atoms with van der Waals surface area (Å²) in [5, 5.41) is 0. The van der Waals surface area contributed by atoms with Gasteiger partial charge in [-0.3, -0.25) is 4.57 Å². The van der Waals surface area contributed by atoms with Crippen molar-refractivity contribution in [3.8, 4) is 11.4 Å². The van der Waals surface area contributed by atoms with Crippen LogP contribution in [0, 0.1) is 10.6 Å². The lowest BCUT2D eigenvalue weighted by molar-refractivity contribution is 0.412. The summed E-state index contributed by atoms with van der Waals surface area (Å²) in [5.41, 5.74) is 2.26. The van der Waals surface area contributed by atoms with Gasteiger partial charge in [-0.1, -0.05) is 0 Å². The molecule has 0 bridgehead atoms. The number of ether oxygens (including phenoxy) is 1. The number of halogens is 3. The highest BCUT2D eigenvalue weighted by molar-refractivity contribution is 9.11. The van der Waals surface area contributed by atoms with E-state index in [4.69, 9.17) is 17.0 Å². The number of aromatic nitrogens is 2. The number of benzene rings is 2. The number of nitrogens with one attached hydrogen (secondary N) is 1. The standard InChI is InChI=1S/C14H9Br2FN2OS/c1-20-13-6-12(8(15)5-9(13)16)19-11-3-2-7(17)4-10(11)18-14(19)21/h2-6H,1H3,(H,18,21). The summed E-state index contributed by atoms with van der Waals surface area (Å²) in [7, 11) is 1.60. The normalized spacial score (nSPS) is 11.0. The first-order valence-corrected chi connectivity index (χ1v) is 7.94. The molecule has 3 aromatic rings. The van der Waals surface area contributed by atoms with Crippen LogP contribution in [0.4, 0.5) is 4.39 Å². The Hall–Kier alpha value is -1.18. The molecular formula is C14H9Br2FN2OS. The largest absolute Gasteiger partial charge is 0.495 e. The van der Waals surface area contributed by atoms with Crippen molar-refractivity contribution in [3.05, 3.63) is 49.9 Å². The van der Waals surface area contributed by atoms with Crippen molar-refractivity contribution in [3.63, 3.8) is 0 Å². The van der Waals surface area contributed by atoms with E-state index in [-0.39, 0.29) is 5.82 Å². The first-order valence-electron chi connectivity index (χ1n) is 5.95. The van der Waals surface area contributed by atoms with Crippen LogP contribution in [-0.2, 0) is 0 Å². The van der Waals surface area contributed by atoms with Crippen molar-refractivity contribution in [2.45, 2.75) is 0 Å². The van der Waals surface area contributed by atoms with Crippen LogP contribution in [0.2, 0.25) is 0 Å². The third kappa shape index (κ3) is 2.54. The highest BCUT2D eigenvalue weighted by Crippen LogP contribution is 2.35. The van der Waals surface area contributed by atoms with Crippen molar-refractivity contribution in [2.75, 3.05) is 7.11 Å². The molecule has 0 spiro atoms. The van der Waals surface area contributed by atoms with Crippen LogP contribution >= 0.6 is 44.1 Å². The first-order chi connectivity index (χ1) is 10.0. The summed E-state index contributed by atoms with van der Waals surface area (Å²) < 4.78 is 22.7. The van der Waals surface area contributed by atoms with Crippen LogP contribution in [0.15, 0.2) is 39.3 Å². The van der Waals surface area contributed by atoms with Gasteiger partial charge in [-0.05, 0) is 68.3 Å². The Balaban J connectivity index is 2.35. The third-order valence-electron chi connectivity index (χ3n) is 3.11. The number of imidazole rings is 1. The molecule has 0 saturated heterocycles. The molecule has 3 nitrogen and oxygen atoms in total. The lowest BCUT2D eigenvalue weighted by Crippen LogP contribution is -1.97. The molecule has 1 heterocycles. The summed E-state index contributed by atoms with van der Waals surface area (Å²) in [5.74, 6) is 0.380. The van der Waals surface area contributed by atoms with Crippen molar-refractivity contribution in [2.24, 2.45) is 0 Å². The maximum Gasteiger partial charge on any atom is 0.182 e. The number of methoxy groups -OCH3 is 1. The Morgan fingerprint density at radius 1 is 1.19 bits per heavy atom. The fourth-order valence-corrected chi connectivity index (χ4v) is 3.81. The Morgan fingerprint density at radius 2 is 1.95 bits per heavy atom. The minimum Gasteiger partial charge on any atom is -0.495 e. The molecule has 108 valence electrons. The zero-order chi connectivity index (χ0) is 15.1. The van der Waals surface area contributed by atoms with E-state index < -0.39 is 0 Å². The van der Waals surface area contributed by atoms with Crippen molar-refractivity contribution in [1.29, 1.82) is 0 Å². The Bertz CT molecular complexity index is 904. The third-order valence-corrected chi connectivity index (χ3v) is 4.65. The van der Waals surface area contributed by atoms with E-state index in [1.807, 2.05) is 16.7 Å². The molecule has 0 aliphatic heterocycles. The number of nitrogens with zero attached hydrogens (tertiary/aromatic N) is 1. The van der Waals surface area contributed by atoms with E-state index in [0.717, 1.165) is 20.1 Å². The quantitative estimate of drug-likeness (QED) is 0.553. The molecule has 1 N–H and O–H groups in total. The highest BCUT2D eigenvalue weighted by atomic mass is 79.9. The summed E-state index contributed by atoms with van der Waals surface area (Å²) in [6.07, 6.45) is 0. The van der Waals surface area contributed by atoms with E-state index in [0.29, 0.717) is 16.0 Å². The predicted octanol–water partition coefficient (Wildman–Crippen LogP) is 5.36. The SMILES string of the molecule is COc1cc(-n2c(=S)[nH]c3cc(F)ccc32)c(Br)cc1Br. The minimum absolute atomic E-state index is 0.307. The Labute approximate surface area is 142 Å². The van der Waals surface area contributed by atoms with Gasteiger partial charge < -0.3 is 9.72 Å². The van der Waals surface area contributed by atoms with Crippen LogP contribution in [0.25, 0.3) is 16.7 Å². The number of H-pyrrole nitrogens is 1. The molecule has 0 radical (unpaired) electrons. The topological polar surface area (TPSA) is 29.9 Å². The first kappa shape index (κ1) is 14.7. The van der Waals surface area contributed by atoms with E-state index in [9.17, 15) is 4.39 Å². The molecule has 0 aliphatic carbocycles. The van der Waals surface area contributed by atoms with Gasteiger partial charge in [-0.25, -0.2) is 4.39 Å². The lowest BCUT2D eigenvalue weighted by Gasteiger charge is -2.11. The number of rotatable bonds is 2. The molecule has 7 heteroatoms. The summed E-state index contributed by atoms with van der Waals surface area (Å²) >= 11 is 12.3. The summed E-state index contributed by atoms with van der Waals surface area (Å²) in [6, 6.07) is 8.27. The number of hydrogen-bond acceptors (Lipinski definition) is 2. The smallest absolute Gasteiger partial charge is 0.182 e. The van der Waals surface area contributed by atoms with E-state index in [1.54, 1.807) is 13.2 Å². The molecule has 3 rings (SSSR count). The zero-order valence-corrected chi connectivity index (χ0v) is 14.8. The molecule has 0 amide bonds. The molecule has 21 heavy (non-hydrogen) atoms. The van der Waals surface area contributed by atoms with E-state index in [2.05, 4.69) is 36.8 Å². The monoisotopic (exact) mass is 430 g/mol. The summed E-state index contributed by atoms with van der Waals surface area (Å²) in [4.78, 5) is 3.01.